The normalized spacial score (nSPS) is 14.6. The van der Waals surface area contributed by atoms with Gasteiger partial charge in [-0.15, -0.1) is 0 Å². The lowest BCUT2D eigenvalue weighted by Crippen LogP contribution is -2.54. The van der Waals surface area contributed by atoms with Gasteiger partial charge >= 0.3 is 12.0 Å². The number of imide groups is 2. The Kier molecular flexibility index (Phi) is 7.88. The van der Waals surface area contributed by atoms with Crippen molar-refractivity contribution >= 4 is 53.3 Å². The summed E-state index contributed by atoms with van der Waals surface area (Å²) in [7, 11) is 2.88. The first-order valence-corrected chi connectivity index (χ1v) is 11.6. The number of hydrogen-bond acceptors (Lipinski definition) is 7. The van der Waals surface area contributed by atoms with Gasteiger partial charge in [-0.3, -0.25) is 14.9 Å². The van der Waals surface area contributed by atoms with Crippen molar-refractivity contribution in [3.8, 4) is 17.2 Å². The van der Waals surface area contributed by atoms with Gasteiger partial charge in [0.2, 0.25) is 0 Å². The van der Waals surface area contributed by atoms with Crippen LogP contribution >= 0.6 is 11.6 Å². The third kappa shape index (κ3) is 5.91. The lowest BCUT2D eigenvalue weighted by molar-refractivity contribution is -0.129. The van der Waals surface area contributed by atoms with Gasteiger partial charge in [0.1, 0.15) is 11.3 Å². The lowest BCUT2D eigenvalue weighted by atomic mass is 10.1. The molecule has 1 saturated heterocycles. The van der Waals surface area contributed by atoms with E-state index in [0.29, 0.717) is 16.3 Å². The summed E-state index contributed by atoms with van der Waals surface area (Å²) in [4.78, 5) is 51.2. The van der Waals surface area contributed by atoms with Crippen LogP contribution in [0, 0.1) is 0 Å². The second-order valence-corrected chi connectivity index (χ2v) is 8.31. The first-order valence-electron chi connectivity index (χ1n) is 11.2. The lowest BCUT2D eigenvalue weighted by Gasteiger charge is -2.26. The molecule has 0 bridgehead atoms. The number of esters is 1. The van der Waals surface area contributed by atoms with Crippen LogP contribution in [0.5, 0.6) is 17.2 Å². The van der Waals surface area contributed by atoms with Crippen molar-refractivity contribution in [2.24, 2.45) is 0 Å². The molecule has 0 radical (unpaired) electrons. The summed E-state index contributed by atoms with van der Waals surface area (Å²) in [5, 5.41) is 2.75. The van der Waals surface area contributed by atoms with E-state index in [9.17, 15) is 19.2 Å². The fraction of sp³-hybridized carbons (Fsp3) is 0.0714. The molecule has 38 heavy (non-hydrogen) atoms. The van der Waals surface area contributed by atoms with E-state index in [1.54, 1.807) is 42.5 Å². The number of carbonyl (C=O) groups is 4. The molecule has 1 aliphatic heterocycles. The average molecular weight is 533 g/mol. The molecular weight excluding hydrogens is 512 g/mol. The highest BCUT2D eigenvalue weighted by Crippen LogP contribution is 2.30. The standard InChI is InChI=1S/C28H21ClN2O7/c1-36-21-11-9-20(10-12-21)31-27(34)22(26(33)30-28(31)35)15-18-5-13-23(24(16-18)37-2)38-25(32)14-6-17-3-7-19(29)8-4-17/h3-16H,1-2H3,(H,30,33,35)/b14-6+,22-15+. The minimum Gasteiger partial charge on any atom is -0.497 e. The molecule has 0 unspecified atom stereocenters. The molecule has 0 aliphatic carbocycles. The zero-order valence-corrected chi connectivity index (χ0v) is 21.0. The number of barbiturate groups is 1. The maximum atomic E-state index is 13.1. The minimum atomic E-state index is -0.867. The highest BCUT2D eigenvalue weighted by molar-refractivity contribution is 6.39. The summed E-state index contributed by atoms with van der Waals surface area (Å²) in [5.41, 5.74) is 1.16. The Bertz CT molecular complexity index is 1460. The van der Waals surface area contributed by atoms with E-state index in [4.69, 9.17) is 25.8 Å². The second kappa shape index (κ2) is 11.4. The summed E-state index contributed by atoms with van der Waals surface area (Å²) >= 11 is 5.86. The molecule has 0 atom stereocenters. The number of rotatable bonds is 7. The molecule has 1 heterocycles. The summed E-state index contributed by atoms with van der Waals surface area (Å²) in [5.74, 6) is -1.41. The highest BCUT2D eigenvalue weighted by Gasteiger charge is 2.36. The summed E-state index contributed by atoms with van der Waals surface area (Å²) in [6.45, 7) is 0. The number of benzene rings is 3. The van der Waals surface area contributed by atoms with Crippen molar-refractivity contribution in [2.75, 3.05) is 19.1 Å². The molecule has 3 aromatic carbocycles. The first-order chi connectivity index (χ1) is 18.3. The van der Waals surface area contributed by atoms with Crippen LogP contribution in [0.4, 0.5) is 10.5 Å². The monoisotopic (exact) mass is 532 g/mol. The zero-order valence-electron chi connectivity index (χ0n) is 20.3. The van der Waals surface area contributed by atoms with Gasteiger partial charge in [0, 0.05) is 11.1 Å². The number of ether oxygens (including phenoxy) is 3. The van der Waals surface area contributed by atoms with Crippen LogP contribution in [0.2, 0.25) is 5.02 Å². The van der Waals surface area contributed by atoms with E-state index in [0.717, 1.165) is 10.5 Å². The Hall–Kier alpha value is -4.89. The smallest absolute Gasteiger partial charge is 0.336 e. The Balaban J connectivity index is 1.54. The molecule has 192 valence electrons. The number of amides is 4. The maximum Gasteiger partial charge on any atom is 0.336 e. The van der Waals surface area contributed by atoms with Crippen molar-refractivity contribution in [1.29, 1.82) is 0 Å². The molecule has 0 aromatic heterocycles. The van der Waals surface area contributed by atoms with Crippen molar-refractivity contribution in [2.45, 2.75) is 0 Å². The average Bonchev–Trinajstić information content (AvgIpc) is 2.91. The molecule has 0 spiro atoms. The Labute approximate surface area is 222 Å². The molecule has 1 aliphatic rings. The number of anilines is 1. The molecule has 1 fully saturated rings. The highest BCUT2D eigenvalue weighted by atomic mass is 35.5. The van der Waals surface area contributed by atoms with Gasteiger partial charge in [-0.2, -0.15) is 0 Å². The van der Waals surface area contributed by atoms with Crippen LogP contribution in [-0.4, -0.2) is 38.0 Å². The topological polar surface area (TPSA) is 111 Å². The number of urea groups is 1. The Morgan fingerprint density at radius 3 is 2.21 bits per heavy atom. The first kappa shape index (κ1) is 26.2. The molecule has 1 N–H and O–H groups in total. The number of nitrogens with zero attached hydrogens (tertiary/aromatic N) is 1. The van der Waals surface area contributed by atoms with Gasteiger partial charge in [0.05, 0.1) is 19.9 Å². The van der Waals surface area contributed by atoms with Crippen LogP contribution in [0.1, 0.15) is 11.1 Å². The fourth-order valence-corrected chi connectivity index (χ4v) is 3.65. The van der Waals surface area contributed by atoms with Crippen molar-refractivity contribution in [3.05, 3.63) is 94.5 Å². The SMILES string of the molecule is COc1ccc(N2C(=O)NC(=O)/C(=C\c3ccc(OC(=O)/C=C/c4ccc(Cl)cc4)c(OC)c3)C2=O)cc1. The molecule has 4 rings (SSSR count). The van der Waals surface area contributed by atoms with Crippen LogP contribution in [0.3, 0.4) is 0 Å². The third-order valence-corrected chi connectivity index (χ3v) is 5.68. The molecule has 3 aromatic rings. The zero-order chi connectivity index (χ0) is 27.2. The maximum absolute atomic E-state index is 13.1. The number of methoxy groups -OCH3 is 2. The Morgan fingerprint density at radius 2 is 1.55 bits per heavy atom. The van der Waals surface area contributed by atoms with E-state index in [1.807, 2.05) is 0 Å². The number of halogens is 1. The van der Waals surface area contributed by atoms with Gasteiger partial charge in [-0.05, 0) is 71.8 Å². The van der Waals surface area contributed by atoms with Crippen LogP contribution < -0.4 is 24.4 Å². The van der Waals surface area contributed by atoms with E-state index in [1.165, 1.54) is 56.7 Å². The van der Waals surface area contributed by atoms with Gasteiger partial charge < -0.3 is 14.2 Å². The van der Waals surface area contributed by atoms with E-state index in [2.05, 4.69) is 5.32 Å². The molecule has 0 saturated carbocycles. The van der Waals surface area contributed by atoms with Gasteiger partial charge in [0.15, 0.2) is 11.5 Å². The van der Waals surface area contributed by atoms with Gasteiger partial charge in [0.25, 0.3) is 11.8 Å². The van der Waals surface area contributed by atoms with Gasteiger partial charge in [-0.1, -0.05) is 29.8 Å². The summed E-state index contributed by atoms with van der Waals surface area (Å²) in [6.07, 6.45) is 4.15. The van der Waals surface area contributed by atoms with E-state index < -0.39 is 23.8 Å². The van der Waals surface area contributed by atoms with Crippen molar-refractivity contribution in [3.63, 3.8) is 0 Å². The third-order valence-electron chi connectivity index (χ3n) is 5.42. The van der Waals surface area contributed by atoms with Crippen LogP contribution in [0.15, 0.2) is 78.4 Å². The number of nitrogens with one attached hydrogen (secondary N) is 1. The molecule has 10 heteroatoms. The summed E-state index contributed by atoms with van der Waals surface area (Å²) in [6, 6.07) is 16.8. The molecule has 9 nitrogen and oxygen atoms in total. The summed E-state index contributed by atoms with van der Waals surface area (Å²) < 4.78 is 15.8. The van der Waals surface area contributed by atoms with Crippen LogP contribution in [0.25, 0.3) is 12.2 Å². The predicted molar refractivity (Wildman–Crippen MR) is 141 cm³/mol. The largest absolute Gasteiger partial charge is 0.497 e. The fourth-order valence-electron chi connectivity index (χ4n) is 3.53. The van der Waals surface area contributed by atoms with Gasteiger partial charge in [-0.25, -0.2) is 14.5 Å². The second-order valence-electron chi connectivity index (χ2n) is 7.87. The van der Waals surface area contributed by atoms with Crippen molar-refractivity contribution < 1.29 is 33.4 Å². The number of hydrogen-bond donors (Lipinski definition) is 1. The molecule has 4 amide bonds. The minimum absolute atomic E-state index is 0.134. The van der Waals surface area contributed by atoms with Crippen LogP contribution in [-0.2, 0) is 14.4 Å². The predicted octanol–water partition coefficient (Wildman–Crippen LogP) is 4.64. The number of carbonyl (C=O) groups excluding carboxylic acids is 4. The molecular formula is C28H21ClN2O7. The quantitative estimate of drug-likeness (QED) is 0.204. The van der Waals surface area contributed by atoms with Crippen molar-refractivity contribution in [1.82, 2.24) is 5.32 Å². The Morgan fingerprint density at radius 1 is 0.868 bits per heavy atom. The van der Waals surface area contributed by atoms with E-state index in [-0.39, 0.29) is 22.8 Å². The van der Waals surface area contributed by atoms with E-state index >= 15 is 0 Å².